The number of primary amides is 1. The SMILES string of the molecule is CCC1(C2CCNC2)C(c2ccc(Cl)c(Cl)c2)C(Cc2ccccc2)(C(N)=O)CCN1C(=O)c1cc(OC)c(OC)c(OC)c1. The van der Waals surface area contributed by atoms with Gasteiger partial charge in [0.05, 0.1) is 42.3 Å². The maximum atomic E-state index is 14.9. The van der Waals surface area contributed by atoms with Gasteiger partial charge in [-0.05, 0) is 73.5 Å². The minimum Gasteiger partial charge on any atom is -0.493 e. The number of carbonyl (C=O) groups excluding carboxylic acids is 2. The van der Waals surface area contributed by atoms with E-state index >= 15 is 0 Å². The van der Waals surface area contributed by atoms with Crippen LogP contribution < -0.4 is 25.3 Å². The Balaban J connectivity index is 1.77. The minimum atomic E-state index is -1.02. The van der Waals surface area contributed by atoms with E-state index < -0.39 is 22.8 Å². The fraction of sp³-hybridized carbons (Fsp3) is 0.429. The molecule has 10 heteroatoms. The zero-order chi connectivity index (χ0) is 32.4. The molecule has 8 nitrogen and oxygen atoms in total. The standard InChI is InChI=1S/C35H41Cl2N3O5/c1-5-35(25-13-15-39-21-25)31(23-11-12-26(36)27(37)17-23)34(33(38)42,20-22-9-7-6-8-10-22)14-16-40(35)32(41)24-18-28(43-2)30(45-4)29(19-24)44-3/h6-12,17-19,25,31,39H,5,13-16,20-21H2,1-4H3,(H2,38,42). The number of amides is 2. The number of hydrogen-bond acceptors (Lipinski definition) is 6. The van der Waals surface area contributed by atoms with Gasteiger partial charge in [0, 0.05) is 24.6 Å². The van der Waals surface area contributed by atoms with E-state index in [4.69, 9.17) is 43.1 Å². The van der Waals surface area contributed by atoms with Crippen molar-refractivity contribution in [2.45, 2.75) is 44.1 Å². The van der Waals surface area contributed by atoms with Crippen molar-refractivity contribution in [1.82, 2.24) is 10.2 Å². The Bertz CT molecular complexity index is 1520. The predicted octanol–water partition coefficient (Wildman–Crippen LogP) is 6.12. The molecule has 2 amide bonds. The predicted molar refractivity (Wildman–Crippen MR) is 177 cm³/mol. The van der Waals surface area contributed by atoms with E-state index in [9.17, 15) is 9.59 Å². The highest BCUT2D eigenvalue weighted by atomic mass is 35.5. The van der Waals surface area contributed by atoms with Crippen LogP contribution in [0, 0.1) is 11.3 Å². The highest BCUT2D eigenvalue weighted by Gasteiger charge is 2.63. The van der Waals surface area contributed by atoms with E-state index in [1.54, 1.807) is 18.2 Å². The molecule has 45 heavy (non-hydrogen) atoms. The lowest BCUT2D eigenvalue weighted by Crippen LogP contribution is -2.69. The molecule has 2 aliphatic heterocycles. The van der Waals surface area contributed by atoms with E-state index in [1.807, 2.05) is 47.4 Å². The van der Waals surface area contributed by atoms with E-state index in [2.05, 4.69) is 12.2 Å². The number of ether oxygens (including phenoxy) is 3. The topological polar surface area (TPSA) is 103 Å². The molecule has 0 aromatic heterocycles. The number of methoxy groups -OCH3 is 3. The Kier molecular flexibility index (Phi) is 9.87. The second-order valence-corrected chi connectivity index (χ2v) is 12.8. The molecule has 2 aliphatic rings. The molecule has 0 bridgehead atoms. The third-order valence-electron chi connectivity index (χ3n) is 9.96. The number of nitrogens with one attached hydrogen (secondary N) is 1. The van der Waals surface area contributed by atoms with Gasteiger partial charge in [0.15, 0.2) is 11.5 Å². The van der Waals surface area contributed by atoms with Crippen LogP contribution in [0.2, 0.25) is 10.0 Å². The quantitative estimate of drug-likeness (QED) is 0.273. The summed E-state index contributed by atoms with van der Waals surface area (Å²) in [5.41, 5.74) is 6.88. The number of carbonyl (C=O) groups is 2. The summed E-state index contributed by atoms with van der Waals surface area (Å²) in [7, 11) is 4.58. The fourth-order valence-corrected chi connectivity index (χ4v) is 8.28. The molecule has 4 unspecified atom stereocenters. The Morgan fingerprint density at radius 2 is 1.67 bits per heavy atom. The molecule has 2 fully saturated rings. The number of rotatable bonds is 10. The van der Waals surface area contributed by atoms with Gasteiger partial charge in [-0.2, -0.15) is 0 Å². The third-order valence-corrected chi connectivity index (χ3v) is 10.7. The van der Waals surface area contributed by atoms with E-state index in [0.717, 1.165) is 24.1 Å². The number of piperidine rings is 1. The maximum Gasteiger partial charge on any atom is 0.254 e. The van der Waals surface area contributed by atoms with Gasteiger partial charge in [0.25, 0.3) is 5.91 Å². The van der Waals surface area contributed by atoms with Crippen LogP contribution in [0.15, 0.2) is 60.7 Å². The zero-order valence-corrected chi connectivity index (χ0v) is 27.7. The normalized spacial score (nSPS) is 24.7. The van der Waals surface area contributed by atoms with Crippen LogP contribution in [-0.4, -0.2) is 63.2 Å². The number of halogens is 2. The summed E-state index contributed by atoms with van der Waals surface area (Å²) in [5, 5.41) is 4.32. The first-order valence-corrected chi connectivity index (χ1v) is 16.0. The van der Waals surface area contributed by atoms with Gasteiger partial charge < -0.3 is 30.2 Å². The lowest BCUT2D eigenvalue weighted by molar-refractivity contribution is -0.140. The molecule has 0 aliphatic carbocycles. The second kappa shape index (κ2) is 13.5. The Labute approximate surface area is 275 Å². The fourth-order valence-electron chi connectivity index (χ4n) is 7.97. The minimum absolute atomic E-state index is 0.0164. The Morgan fingerprint density at radius 3 is 2.20 bits per heavy atom. The molecule has 2 saturated heterocycles. The first-order chi connectivity index (χ1) is 21.7. The van der Waals surface area contributed by atoms with E-state index in [-0.39, 0.29) is 11.8 Å². The van der Waals surface area contributed by atoms with Crippen LogP contribution in [0.25, 0.3) is 0 Å². The summed E-state index contributed by atoms with van der Waals surface area (Å²) in [6.45, 7) is 3.91. The number of nitrogens with zero attached hydrogens (tertiary/aromatic N) is 1. The van der Waals surface area contributed by atoms with Gasteiger partial charge in [0.2, 0.25) is 11.7 Å². The molecular formula is C35H41Cl2N3O5. The average molecular weight is 655 g/mol. The third kappa shape index (κ3) is 5.73. The monoisotopic (exact) mass is 653 g/mol. The number of likely N-dealkylation sites (tertiary alicyclic amines) is 1. The first kappa shape index (κ1) is 32.9. The number of hydrogen-bond donors (Lipinski definition) is 2. The molecule has 0 saturated carbocycles. The molecule has 4 atom stereocenters. The number of benzene rings is 3. The molecule has 3 N–H and O–H groups in total. The molecule has 0 radical (unpaired) electrons. The van der Waals surface area contributed by atoms with E-state index in [1.165, 1.54) is 21.3 Å². The molecule has 3 aromatic carbocycles. The van der Waals surface area contributed by atoms with Crippen LogP contribution in [0.4, 0.5) is 0 Å². The number of nitrogens with two attached hydrogens (primary N) is 1. The molecule has 3 aromatic rings. The van der Waals surface area contributed by atoms with Crippen LogP contribution in [0.5, 0.6) is 17.2 Å². The molecular weight excluding hydrogens is 613 g/mol. The Hall–Kier alpha value is -3.46. The highest BCUT2D eigenvalue weighted by Crippen LogP contribution is 2.59. The van der Waals surface area contributed by atoms with Crippen LogP contribution in [-0.2, 0) is 11.2 Å². The van der Waals surface area contributed by atoms with Crippen molar-refractivity contribution in [1.29, 1.82) is 0 Å². The summed E-state index contributed by atoms with van der Waals surface area (Å²) in [6, 6.07) is 18.8. The van der Waals surface area contributed by atoms with Crippen molar-refractivity contribution >= 4 is 35.0 Å². The van der Waals surface area contributed by atoms with Crippen molar-refractivity contribution in [3.63, 3.8) is 0 Å². The van der Waals surface area contributed by atoms with Gasteiger partial charge in [-0.25, -0.2) is 0 Å². The summed E-state index contributed by atoms with van der Waals surface area (Å²) < 4.78 is 16.7. The second-order valence-electron chi connectivity index (χ2n) is 11.9. The van der Waals surface area contributed by atoms with Gasteiger partial charge in [0.1, 0.15) is 0 Å². The zero-order valence-electron chi connectivity index (χ0n) is 26.2. The maximum absolute atomic E-state index is 14.9. The summed E-state index contributed by atoms with van der Waals surface area (Å²) in [6.07, 6.45) is 2.18. The Morgan fingerprint density at radius 1 is 0.978 bits per heavy atom. The van der Waals surface area contributed by atoms with Gasteiger partial charge in [-0.15, -0.1) is 0 Å². The molecule has 240 valence electrons. The largest absolute Gasteiger partial charge is 0.493 e. The smallest absolute Gasteiger partial charge is 0.254 e. The van der Waals surface area contributed by atoms with E-state index in [0.29, 0.717) is 65.2 Å². The van der Waals surface area contributed by atoms with Crippen molar-refractivity contribution < 1.29 is 23.8 Å². The van der Waals surface area contributed by atoms with Gasteiger partial charge in [-0.1, -0.05) is 66.5 Å². The summed E-state index contributed by atoms with van der Waals surface area (Å²) in [5.74, 6) is 0.116. The average Bonchev–Trinajstić information content (AvgIpc) is 3.61. The van der Waals surface area contributed by atoms with Crippen LogP contribution in [0.3, 0.4) is 0 Å². The van der Waals surface area contributed by atoms with Crippen molar-refractivity contribution in [2.24, 2.45) is 17.1 Å². The first-order valence-electron chi connectivity index (χ1n) is 15.3. The molecule has 2 heterocycles. The van der Waals surface area contributed by atoms with Gasteiger partial charge in [-0.3, -0.25) is 9.59 Å². The molecule has 5 rings (SSSR count). The summed E-state index contributed by atoms with van der Waals surface area (Å²) in [4.78, 5) is 30.9. The van der Waals surface area contributed by atoms with Crippen molar-refractivity contribution in [2.75, 3.05) is 41.0 Å². The van der Waals surface area contributed by atoms with Crippen LogP contribution >= 0.6 is 23.2 Å². The van der Waals surface area contributed by atoms with Crippen molar-refractivity contribution in [3.8, 4) is 17.2 Å². The van der Waals surface area contributed by atoms with Crippen LogP contribution in [0.1, 0.15) is 53.6 Å². The highest BCUT2D eigenvalue weighted by molar-refractivity contribution is 6.42. The molecule has 0 spiro atoms. The summed E-state index contributed by atoms with van der Waals surface area (Å²) >= 11 is 13.1. The van der Waals surface area contributed by atoms with Gasteiger partial charge >= 0.3 is 0 Å². The lowest BCUT2D eigenvalue weighted by Gasteiger charge is -2.61. The lowest BCUT2D eigenvalue weighted by atomic mass is 9.52. The van der Waals surface area contributed by atoms with Crippen molar-refractivity contribution in [3.05, 3.63) is 87.4 Å².